The molecule has 1 aliphatic heterocycles. The summed E-state index contributed by atoms with van der Waals surface area (Å²) in [5.74, 6) is -0.707. The lowest BCUT2D eigenvalue weighted by molar-refractivity contribution is -0.137. The number of nitrogens with zero attached hydrogens (tertiary/aromatic N) is 1. The Bertz CT molecular complexity index is 200. The Hall–Kier alpha value is -0.610. The molecule has 0 saturated carbocycles. The fraction of sp³-hybridized carbons (Fsp3) is 0.909. The summed E-state index contributed by atoms with van der Waals surface area (Å²) in [5, 5.41) is 8.59. The molecule has 0 aliphatic carbocycles. The van der Waals surface area contributed by atoms with Crippen molar-refractivity contribution in [2.75, 3.05) is 19.8 Å². The summed E-state index contributed by atoms with van der Waals surface area (Å²) in [7, 11) is 0. The molecule has 1 saturated heterocycles. The zero-order valence-electron chi connectivity index (χ0n) is 9.61. The maximum atomic E-state index is 10.4. The third-order valence-corrected chi connectivity index (χ3v) is 2.84. The Labute approximate surface area is 91.2 Å². The summed E-state index contributed by atoms with van der Waals surface area (Å²) in [6.45, 7) is 6.80. The minimum absolute atomic E-state index is 0.261. The van der Waals surface area contributed by atoms with Gasteiger partial charge in [-0.15, -0.1) is 0 Å². The zero-order chi connectivity index (χ0) is 11.3. The van der Waals surface area contributed by atoms with Crippen molar-refractivity contribution in [1.29, 1.82) is 0 Å². The SMILES string of the molecule is CC(C)N(CCCC(=O)O)C1CCOC1. The van der Waals surface area contributed by atoms with E-state index in [9.17, 15) is 4.79 Å². The lowest BCUT2D eigenvalue weighted by Crippen LogP contribution is -2.41. The molecule has 0 radical (unpaired) electrons. The van der Waals surface area contributed by atoms with Crippen molar-refractivity contribution in [3.63, 3.8) is 0 Å². The van der Waals surface area contributed by atoms with E-state index in [1.807, 2.05) is 0 Å². The van der Waals surface area contributed by atoms with E-state index >= 15 is 0 Å². The number of ether oxygens (including phenoxy) is 1. The largest absolute Gasteiger partial charge is 0.481 e. The fourth-order valence-electron chi connectivity index (χ4n) is 2.06. The first-order valence-electron chi connectivity index (χ1n) is 5.66. The molecule has 0 spiro atoms. The van der Waals surface area contributed by atoms with Gasteiger partial charge in [0.25, 0.3) is 0 Å². The van der Waals surface area contributed by atoms with Crippen LogP contribution in [0, 0.1) is 0 Å². The highest BCUT2D eigenvalue weighted by Gasteiger charge is 2.24. The quantitative estimate of drug-likeness (QED) is 0.726. The van der Waals surface area contributed by atoms with Crippen molar-refractivity contribution >= 4 is 5.97 Å². The van der Waals surface area contributed by atoms with E-state index in [2.05, 4.69) is 18.7 Å². The smallest absolute Gasteiger partial charge is 0.303 e. The molecule has 1 atom stereocenters. The molecule has 0 aromatic rings. The van der Waals surface area contributed by atoms with Crippen molar-refractivity contribution in [3.05, 3.63) is 0 Å². The van der Waals surface area contributed by atoms with Gasteiger partial charge in [0.2, 0.25) is 0 Å². The zero-order valence-corrected chi connectivity index (χ0v) is 9.61. The van der Waals surface area contributed by atoms with Crippen LogP contribution >= 0.6 is 0 Å². The molecular formula is C11H21NO3. The molecule has 4 nitrogen and oxygen atoms in total. The number of hydrogen-bond donors (Lipinski definition) is 1. The van der Waals surface area contributed by atoms with E-state index < -0.39 is 5.97 Å². The predicted octanol–water partition coefficient (Wildman–Crippen LogP) is 1.35. The molecule has 15 heavy (non-hydrogen) atoms. The summed E-state index contributed by atoms with van der Waals surface area (Å²) in [5.41, 5.74) is 0. The Morgan fingerprint density at radius 1 is 1.60 bits per heavy atom. The molecule has 4 heteroatoms. The first kappa shape index (κ1) is 12.5. The highest BCUT2D eigenvalue weighted by atomic mass is 16.5. The second-order valence-electron chi connectivity index (χ2n) is 4.35. The van der Waals surface area contributed by atoms with Crippen LogP contribution in [0.15, 0.2) is 0 Å². The third kappa shape index (κ3) is 4.18. The van der Waals surface area contributed by atoms with Gasteiger partial charge in [-0.1, -0.05) is 0 Å². The topological polar surface area (TPSA) is 49.8 Å². The van der Waals surface area contributed by atoms with Gasteiger partial charge in [0.15, 0.2) is 0 Å². The van der Waals surface area contributed by atoms with Gasteiger partial charge in [-0.25, -0.2) is 0 Å². The fourth-order valence-corrected chi connectivity index (χ4v) is 2.06. The highest BCUT2D eigenvalue weighted by molar-refractivity contribution is 5.66. The third-order valence-electron chi connectivity index (χ3n) is 2.84. The average Bonchev–Trinajstić information content (AvgIpc) is 2.63. The summed E-state index contributed by atoms with van der Waals surface area (Å²) >= 11 is 0. The maximum absolute atomic E-state index is 10.4. The number of rotatable bonds is 6. The van der Waals surface area contributed by atoms with Crippen molar-refractivity contribution in [1.82, 2.24) is 4.90 Å². The molecule has 1 fully saturated rings. The van der Waals surface area contributed by atoms with Crippen molar-refractivity contribution in [2.45, 2.75) is 45.2 Å². The van der Waals surface area contributed by atoms with Gasteiger partial charge in [0.1, 0.15) is 0 Å². The first-order chi connectivity index (χ1) is 7.11. The molecular weight excluding hydrogens is 194 g/mol. The van der Waals surface area contributed by atoms with Crippen LogP contribution in [-0.4, -0.2) is 47.8 Å². The van der Waals surface area contributed by atoms with Gasteiger partial charge in [0, 0.05) is 25.1 Å². The minimum Gasteiger partial charge on any atom is -0.481 e. The average molecular weight is 215 g/mol. The van der Waals surface area contributed by atoms with Crippen LogP contribution in [0.5, 0.6) is 0 Å². The van der Waals surface area contributed by atoms with Gasteiger partial charge in [-0.05, 0) is 33.2 Å². The molecule has 1 aliphatic rings. The molecule has 0 aromatic heterocycles. The second-order valence-corrected chi connectivity index (χ2v) is 4.35. The van der Waals surface area contributed by atoms with E-state index in [0.717, 1.165) is 32.6 Å². The standard InChI is InChI=1S/C11H21NO3/c1-9(2)12(6-3-4-11(13)14)10-5-7-15-8-10/h9-10H,3-8H2,1-2H3,(H,13,14). The van der Waals surface area contributed by atoms with Gasteiger partial charge in [-0.2, -0.15) is 0 Å². The maximum Gasteiger partial charge on any atom is 0.303 e. The number of aliphatic carboxylic acids is 1. The lowest BCUT2D eigenvalue weighted by Gasteiger charge is -2.31. The van der Waals surface area contributed by atoms with Crippen molar-refractivity contribution in [3.8, 4) is 0 Å². The summed E-state index contributed by atoms with van der Waals surface area (Å²) in [6.07, 6.45) is 2.06. The molecule has 1 N–H and O–H groups in total. The van der Waals surface area contributed by atoms with Crippen LogP contribution in [0.2, 0.25) is 0 Å². The Morgan fingerprint density at radius 2 is 2.33 bits per heavy atom. The molecule has 88 valence electrons. The second kappa shape index (κ2) is 6.08. The monoisotopic (exact) mass is 215 g/mol. The van der Waals surface area contributed by atoms with E-state index in [1.165, 1.54) is 0 Å². The Morgan fingerprint density at radius 3 is 2.80 bits per heavy atom. The van der Waals surface area contributed by atoms with E-state index in [-0.39, 0.29) is 6.42 Å². The molecule has 0 amide bonds. The van der Waals surface area contributed by atoms with Crippen LogP contribution in [0.1, 0.15) is 33.1 Å². The number of carboxylic acids is 1. The summed E-state index contributed by atoms with van der Waals surface area (Å²) < 4.78 is 5.36. The summed E-state index contributed by atoms with van der Waals surface area (Å²) in [4.78, 5) is 12.8. The molecule has 1 heterocycles. The van der Waals surface area contributed by atoms with Crippen LogP contribution in [-0.2, 0) is 9.53 Å². The number of hydrogen-bond acceptors (Lipinski definition) is 3. The number of carboxylic acid groups (broad SMARTS) is 1. The highest BCUT2D eigenvalue weighted by Crippen LogP contribution is 2.16. The van der Waals surface area contributed by atoms with Crippen LogP contribution in [0.25, 0.3) is 0 Å². The predicted molar refractivity (Wildman–Crippen MR) is 57.9 cm³/mol. The van der Waals surface area contributed by atoms with E-state index in [0.29, 0.717) is 12.1 Å². The lowest BCUT2D eigenvalue weighted by atomic mass is 10.1. The van der Waals surface area contributed by atoms with Crippen LogP contribution < -0.4 is 0 Å². The van der Waals surface area contributed by atoms with Crippen LogP contribution in [0.4, 0.5) is 0 Å². The van der Waals surface area contributed by atoms with Gasteiger partial charge >= 0.3 is 5.97 Å². The van der Waals surface area contributed by atoms with Gasteiger partial charge < -0.3 is 9.84 Å². The first-order valence-corrected chi connectivity index (χ1v) is 5.66. The Balaban J connectivity index is 2.33. The normalized spacial score (nSPS) is 21.5. The van der Waals surface area contributed by atoms with Crippen molar-refractivity contribution in [2.24, 2.45) is 0 Å². The van der Waals surface area contributed by atoms with Crippen LogP contribution in [0.3, 0.4) is 0 Å². The van der Waals surface area contributed by atoms with E-state index in [4.69, 9.17) is 9.84 Å². The van der Waals surface area contributed by atoms with Crippen molar-refractivity contribution < 1.29 is 14.6 Å². The number of carbonyl (C=O) groups is 1. The Kier molecular flexibility index (Phi) is 5.05. The van der Waals surface area contributed by atoms with Gasteiger partial charge in [0.05, 0.1) is 6.61 Å². The summed E-state index contributed by atoms with van der Waals surface area (Å²) in [6, 6.07) is 0.948. The van der Waals surface area contributed by atoms with Gasteiger partial charge in [-0.3, -0.25) is 9.69 Å². The van der Waals surface area contributed by atoms with E-state index in [1.54, 1.807) is 0 Å². The minimum atomic E-state index is -0.707. The molecule has 0 aromatic carbocycles. The molecule has 1 rings (SSSR count). The molecule has 0 bridgehead atoms. The molecule has 1 unspecified atom stereocenters.